The molecule has 1 aliphatic carbocycles. The van der Waals surface area contributed by atoms with E-state index in [0.717, 1.165) is 47.9 Å². The summed E-state index contributed by atoms with van der Waals surface area (Å²) in [7, 11) is -4.18. The first-order valence-electron chi connectivity index (χ1n) is 7.89. The monoisotopic (exact) mass is 350 g/mol. The molecule has 0 radical (unpaired) electrons. The van der Waals surface area contributed by atoms with Crippen LogP contribution in [0.2, 0.25) is 0 Å². The van der Waals surface area contributed by atoms with Crippen LogP contribution < -0.4 is 0 Å². The Labute approximate surface area is 140 Å². The van der Waals surface area contributed by atoms with Crippen LogP contribution in [-0.4, -0.2) is 23.2 Å². The normalized spacial score (nSPS) is 18.5. The van der Waals surface area contributed by atoms with Gasteiger partial charge in [0.05, 0.1) is 11.1 Å². The summed E-state index contributed by atoms with van der Waals surface area (Å²) in [5.41, 5.74) is 3.42. The molecule has 0 fully saturated rings. The predicted octanol–water partition coefficient (Wildman–Crippen LogP) is 3.46. The number of aromatic nitrogens is 2. The van der Waals surface area contributed by atoms with Gasteiger partial charge in [0.15, 0.2) is 0 Å². The molecule has 0 saturated carbocycles. The lowest BCUT2D eigenvalue weighted by Gasteiger charge is -2.14. The average molecular weight is 350 g/mol. The summed E-state index contributed by atoms with van der Waals surface area (Å²) in [6.45, 7) is 0. The van der Waals surface area contributed by atoms with Crippen molar-refractivity contribution < 1.29 is 17.4 Å². The molecule has 0 bridgehead atoms. The molecular formula is C17H19FN2O3S. The Bertz CT molecular complexity index is 858. The Morgan fingerprint density at radius 3 is 2.96 bits per heavy atom. The average Bonchev–Trinajstić information content (AvgIpc) is 2.80. The summed E-state index contributed by atoms with van der Waals surface area (Å²) in [5.74, 6) is -0.0626. The number of hydrogen-bond donors (Lipinski definition) is 2. The van der Waals surface area contributed by atoms with Crippen molar-refractivity contribution >= 4 is 16.2 Å². The number of H-pyrrole nitrogens is 1. The molecule has 1 aliphatic rings. The quantitative estimate of drug-likeness (QED) is 0.653. The Morgan fingerprint density at radius 1 is 1.38 bits per heavy atom. The maximum absolute atomic E-state index is 13.4. The van der Waals surface area contributed by atoms with E-state index in [-0.39, 0.29) is 11.7 Å². The molecule has 1 aromatic carbocycles. The van der Waals surface area contributed by atoms with E-state index in [1.165, 1.54) is 12.1 Å². The first-order chi connectivity index (χ1) is 11.4. The molecule has 128 valence electrons. The summed E-state index contributed by atoms with van der Waals surface area (Å²) in [6, 6.07) is 6.58. The molecule has 2 N–H and O–H groups in total. The Kier molecular flexibility index (Phi) is 4.82. The van der Waals surface area contributed by atoms with E-state index in [9.17, 15) is 12.8 Å². The van der Waals surface area contributed by atoms with Crippen LogP contribution >= 0.6 is 0 Å². The molecule has 7 heteroatoms. The second-order valence-electron chi connectivity index (χ2n) is 6.10. The van der Waals surface area contributed by atoms with E-state index >= 15 is 0 Å². The maximum Gasteiger partial charge on any atom is 0.287 e. The van der Waals surface area contributed by atoms with Gasteiger partial charge >= 0.3 is 0 Å². The zero-order valence-corrected chi connectivity index (χ0v) is 13.9. The number of fused-ring (bicyclic) bond motifs is 1. The van der Waals surface area contributed by atoms with Crippen molar-refractivity contribution in [3.05, 3.63) is 58.0 Å². The smallest absolute Gasteiger partial charge is 0.282 e. The summed E-state index contributed by atoms with van der Waals surface area (Å²) >= 11 is 0. The van der Waals surface area contributed by atoms with Gasteiger partial charge in [-0.3, -0.25) is 9.65 Å². The van der Waals surface area contributed by atoms with Gasteiger partial charge in [-0.05, 0) is 49.5 Å². The van der Waals surface area contributed by atoms with E-state index in [1.54, 1.807) is 12.1 Å². The molecule has 3 rings (SSSR count). The molecule has 5 nitrogen and oxygen atoms in total. The number of hydrogen-bond acceptors (Lipinski definition) is 3. The lowest BCUT2D eigenvalue weighted by atomic mass is 9.91. The SMILES string of the molecule is O=S(=O)(O)/C=C/c1n[nH]c2c1CCCC[C@H]2Cc1cccc(F)c1. The van der Waals surface area contributed by atoms with E-state index in [4.69, 9.17) is 4.55 Å². The van der Waals surface area contributed by atoms with Crippen molar-refractivity contribution in [1.82, 2.24) is 10.2 Å². The third-order valence-electron chi connectivity index (χ3n) is 4.34. The van der Waals surface area contributed by atoms with Gasteiger partial charge in [-0.15, -0.1) is 0 Å². The molecular weight excluding hydrogens is 331 g/mol. The third kappa shape index (κ3) is 4.10. The fourth-order valence-electron chi connectivity index (χ4n) is 3.27. The maximum atomic E-state index is 13.4. The standard InChI is InChI=1S/C17H19FN2O3S/c18-14-6-3-4-12(11-14)10-13-5-1-2-7-15-16(19-20-17(13)15)8-9-24(21,22)23/h3-4,6,8-9,11,13H,1-2,5,7,10H2,(H,19,20)(H,21,22,23)/b9-8+/t13-/m0/s1. The fourth-order valence-corrected chi connectivity index (χ4v) is 3.57. The minimum absolute atomic E-state index is 0.185. The highest BCUT2D eigenvalue weighted by Crippen LogP contribution is 2.33. The molecule has 2 aromatic rings. The molecule has 0 unspecified atom stereocenters. The van der Waals surface area contributed by atoms with Gasteiger partial charge in [0, 0.05) is 17.2 Å². The van der Waals surface area contributed by atoms with Gasteiger partial charge in [-0.25, -0.2) is 4.39 Å². The highest BCUT2D eigenvalue weighted by molar-refractivity contribution is 7.88. The number of halogens is 1. The zero-order chi connectivity index (χ0) is 17.2. The molecule has 1 heterocycles. The lowest BCUT2D eigenvalue weighted by Crippen LogP contribution is -2.04. The van der Waals surface area contributed by atoms with Crippen molar-refractivity contribution in [3.8, 4) is 0 Å². The zero-order valence-electron chi connectivity index (χ0n) is 13.1. The number of aromatic amines is 1. The highest BCUT2D eigenvalue weighted by Gasteiger charge is 2.23. The lowest BCUT2D eigenvalue weighted by molar-refractivity contribution is 0.494. The number of nitrogens with zero attached hydrogens (tertiary/aromatic N) is 1. The van der Waals surface area contributed by atoms with Gasteiger partial charge < -0.3 is 0 Å². The van der Waals surface area contributed by atoms with Crippen molar-refractivity contribution in [3.63, 3.8) is 0 Å². The minimum atomic E-state index is -4.18. The van der Waals surface area contributed by atoms with E-state index in [0.29, 0.717) is 12.1 Å². The molecule has 0 amide bonds. The third-order valence-corrected chi connectivity index (χ3v) is 4.82. The largest absolute Gasteiger partial charge is 0.287 e. The molecule has 1 atom stereocenters. The van der Waals surface area contributed by atoms with E-state index < -0.39 is 10.1 Å². The molecule has 24 heavy (non-hydrogen) atoms. The first kappa shape index (κ1) is 16.9. The summed E-state index contributed by atoms with van der Waals surface area (Å²) in [5, 5.41) is 7.95. The van der Waals surface area contributed by atoms with Crippen LogP contribution in [-0.2, 0) is 23.0 Å². The van der Waals surface area contributed by atoms with E-state index in [2.05, 4.69) is 10.2 Å². The topological polar surface area (TPSA) is 83.1 Å². The fraction of sp³-hybridized carbons (Fsp3) is 0.353. The van der Waals surface area contributed by atoms with Gasteiger partial charge in [0.1, 0.15) is 5.82 Å². The van der Waals surface area contributed by atoms with E-state index in [1.807, 2.05) is 6.07 Å². The van der Waals surface area contributed by atoms with Crippen molar-refractivity contribution in [2.75, 3.05) is 0 Å². The van der Waals surface area contributed by atoms with Crippen LogP contribution in [0.25, 0.3) is 6.08 Å². The number of nitrogens with one attached hydrogen (secondary N) is 1. The van der Waals surface area contributed by atoms with Gasteiger partial charge in [-0.1, -0.05) is 18.6 Å². The van der Waals surface area contributed by atoms with Crippen LogP contribution in [0, 0.1) is 5.82 Å². The first-order valence-corrected chi connectivity index (χ1v) is 9.40. The Hall–Kier alpha value is -1.99. The number of rotatable bonds is 4. The van der Waals surface area contributed by atoms with Crippen molar-refractivity contribution in [1.29, 1.82) is 0 Å². The second kappa shape index (κ2) is 6.86. The minimum Gasteiger partial charge on any atom is -0.282 e. The predicted molar refractivity (Wildman–Crippen MR) is 89.6 cm³/mol. The van der Waals surface area contributed by atoms with Gasteiger partial charge in [-0.2, -0.15) is 13.5 Å². The highest BCUT2D eigenvalue weighted by atomic mass is 32.2. The Morgan fingerprint density at radius 2 is 2.21 bits per heavy atom. The molecule has 1 aromatic heterocycles. The molecule has 0 spiro atoms. The van der Waals surface area contributed by atoms with Gasteiger partial charge in [0.25, 0.3) is 10.1 Å². The van der Waals surface area contributed by atoms with Crippen LogP contribution in [0.4, 0.5) is 4.39 Å². The van der Waals surface area contributed by atoms with Crippen LogP contribution in [0.1, 0.15) is 47.7 Å². The molecule has 0 aliphatic heterocycles. The molecule has 0 saturated heterocycles. The van der Waals surface area contributed by atoms with Crippen molar-refractivity contribution in [2.24, 2.45) is 0 Å². The Balaban J connectivity index is 1.90. The van der Waals surface area contributed by atoms with Crippen molar-refractivity contribution in [2.45, 2.75) is 38.0 Å². The van der Waals surface area contributed by atoms with Crippen LogP contribution in [0.3, 0.4) is 0 Å². The second-order valence-corrected chi connectivity index (χ2v) is 7.40. The van der Waals surface area contributed by atoms with Crippen LogP contribution in [0.15, 0.2) is 29.7 Å². The number of benzene rings is 1. The summed E-state index contributed by atoms with van der Waals surface area (Å²) in [4.78, 5) is 0. The summed E-state index contributed by atoms with van der Waals surface area (Å²) < 4.78 is 44.1. The summed E-state index contributed by atoms with van der Waals surface area (Å²) in [6.07, 6.45) is 5.82. The van der Waals surface area contributed by atoms with Gasteiger partial charge in [0.2, 0.25) is 0 Å². The van der Waals surface area contributed by atoms with Crippen LogP contribution in [0.5, 0.6) is 0 Å².